The van der Waals surface area contributed by atoms with Gasteiger partial charge in [0.25, 0.3) is 5.91 Å². The summed E-state index contributed by atoms with van der Waals surface area (Å²) < 4.78 is 109. The Hall–Kier alpha value is -2.06. The van der Waals surface area contributed by atoms with Gasteiger partial charge in [-0.05, 0) is 60.1 Å². The van der Waals surface area contributed by atoms with Gasteiger partial charge in [0.1, 0.15) is 0 Å². The summed E-state index contributed by atoms with van der Waals surface area (Å²) in [5.74, 6) is -0.325. The predicted octanol–water partition coefficient (Wildman–Crippen LogP) is 9.02. The molecule has 2 bridgehead atoms. The van der Waals surface area contributed by atoms with Gasteiger partial charge in [0.2, 0.25) is 0 Å². The average Bonchev–Trinajstić information content (AvgIpc) is 3.03. The van der Waals surface area contributed by atoms with Gasteiger partial charge >= 0.3 is 12.4 Å². The Kier molecular flexibility index (Phi) is 12.4. The summed E-state index contributed by atoms with van der Waals surface area (Å²) in [6.45, 7) is 4.31. The van der Waals surface area contributed by atoms with Gasteiger partial charge in [0.05, 0.1) is 57.5 Å². The van der Waals surface area contributed by atoms with Crippen molar-refractivity contribution in [3.05, 3.63) is 68.7 Å². The van der Waals surface area contributed by atoms with Gasteiger partial charge in [-0.25, -0.2) is 8.42 Å². The number of hydrogen-bond acceptors (Lipinski definition) is 4. The van der Waals surface area contributed by atoms with Gasteiger partial charge < -0.3 is 13.9 Å². The molecule has 1 atom stereocenters. The van der Waals surface area contributed by atoms with E-state index in [4.69, 9.17) is 36.2 Å². The minimum atomic E-state index is -5.04. The van der Waals surface area contributed by atoms with Crippen LogP contribution in [-0.2, 0) is 22.5 Å². The van der Waals surface area contributed by atoms with E-state index in [1.807, 2.05) is 6.07 Å². The number of hydrogen-bond donors (Lipinski definition) is 0. The first-order valence-electron chi connectivity index (χ1n) is 16.4. The molecule has 3 heterocycles. The summed E-state index contributed by atoms with van der Waals surface area (Å²) >= 11 is 12.5. The first-order chi connectivity index (χ1) is 22.6. The summed E-state index contributed by atoms with van der Waals surface area (Å²) in [6, 6.07) is 6.23. The lowest BCUT2D eigenvalue weighted by atomic mass is 9.59. The lowest BCUT2D eigenvalue weighted by Crippen LogP contribution is -2.63. The predicted molar refractivity (Wildman–Crippen MR) is 175 cm³/mol. The molecule has 1 amide bonds. The molecule has 1 aliphatic carbocycles. The minimum Gasteiger partial charge on any atom is -0.748 e. The second-order valence-corrected chi connectivity index (χ2v) is 16.2. The number of likely N-dealkylation sites (N-methyl/N-ethyl adjacent to an activating group) is 1. The number of piperidine rings is 3. The van der Waals surface area contributed by atoms with Crippen LogP contribution in [0.5, 0.6) is 0 Å². The highest BCUT2D eigenvalue weighted by atomic mass is 35.5. The monoisotopic (exact) mass is 758 g/mol. The lowest BCUT2D eigenvalue weighted by Gasteiger charge is -2.58. The first-order valence-corrected chi connectivity index (χ1v) is 18.9. The van der Waals surface area contributed by atoms with E-state index < -0.39 is 45.1 Å². The molecular formula is C34H42Cl2F6N2O4S. The normalized spacial score (nSPS) is 23.8. The van der Waals surface area contributed by atoms with Crippen molar-refractivity contribution in [1.82, 2.24) is 4.90 Å². The molecule has 6 rings (SSSR count). The molecule has 3 saturated heterocycles. The number of rotatable bonds is 8. The highest BCUT2D eigenvalue weighted by Gasteiger charge is 2.52. The van der Waals surface area contributed by atoms with Crippen LogP contribution >= 0.6 is 23.2 Å². The zero-order valence-electron chi connectivity index (χ0n) is 27.5. The fourth-order valence-electron chi connectivity index (χ4n) is 8.02. The van der Waals surface area contributed by atoms with E-state index in [0.717, 1.165) is 42.1 Å². The number of halogens is 8. The van der Waals surface area contributed by atoms with E-state index >= 15 is 0 Å². The second kappa shape index (κ2) is 15.3. The molecule has 1 saturated carbocycles. The summed E-state index contributed by atoms with van der Waals surface area (Å²) in [6.07, 6.45) is 1.59. The highest BCUT2D eigenvalue weighted by molar-refractivity contribution is 7.84. The van der Waals surface area contributed by atoms with Crippen LogP contribution < -0.4 is 0 Å². The Balaban J connectivity index is 0.00000101. The molecule has 0 unspecified atom stereocenters. The molecule has 6 nitrogen and oxygen atoms in total. The molecular weight excluding hydrogens is 717 g/mol. The van der Waals surface area contributed by atoms with Crippen LogP contribution in [-0.4, -0.2) is 74.3 Å². The second-order valence-electron chi connectivity index (χ2n) is 14.0. The van der Waals surface area contributed by atoms with Gasteiger partial charge in [0, 0.05) is 57.0 Å². The summed E-state index contributed by atoms with van der Waals surface area (Å²) in [5, 5.41) is 0.714. The molecule has 4 aliphatic rings. The van der Waals surface area contributed by atoms with E-state index in [1.54, 1.807) is 12.1 Å². The van der Waals surface area contributed by atoms with Crippen molar-refractivity contribution < 1.29 is 48.6 Å². The van der Waals surface area contributed by atoms with Gasteiger partial charge in [-0.1, -0.05) is 48.5 Å². The maximum atomic E-state index is 13.5. The average molecular weight is 760 g/mol. The minimum absolute atomic E-state index is 0.0316. The number of carbonyl (C=O) groups is 1. The van der Waals surface area contributed by atoms with E-state index in [2.05, 4.69) is 0 Å². The number of fused-ring (bicyclic) bond motifs is 3. The number of nitrogens with zero attached hydrogens (tertiary/aromatic N) is 2. The van der Waals surface area contributed by atoms with Crippen LogP contribution in [0.1, 0.15) is 90.8 Å². The highest BCUT2D eigenvalue weighted by Crippen LogP contribution is 2.53. The molecule has 4 fully saturated rings. The third kappa shape index (κ3) is 10.5. The molecule has 2 aromatic carbocycles. The number of carbonyl (C=O) groups excluding carboxylic acids is 1. The largest absolute Gasteiger partial charge is 0.748 e. The zero-order valence-corrected chi connectivity index (χ0v) is 29.8. The summed E-state index contributed by atoms with van der Waals surface area (Å²) in [7, 11) is -2.51. The van der Waals surface area contributed by atoms with Crippen molar-refractivity contribution in [1.29, 1.82) is 0 Å². The Labute approximate surface area is 294 Å². The van der Waals surface area contributed by atoms with Crippen molar-refractivity contribution in [2.45, 2.75) is 76.1 Å². The molecule has 0 radical (unpaired) electrons. The van der Waals surface area contributed by atoms with E-state index in [1.165, 1.54) is 63.3 Å². The Bertz CT molecular complexity index is 1530. The summed E-state index contributed by atoms with van der Waals surface area (Å²) in [5.41, 5.74) is -2.39. The van der Waals surface area contributed by atoms with Crippen LogP contribution in [0.25, 0.3) is 0 Å². The molecule has 274 valence electrons. The van der Waals surface area contributed by atoms with Crippen LogP contribution in [0.4, 0.5) is 26.3 Å². The number of alkyl halides is 6. The van der Waals surface area contributed by atoms with Crippen LogP contribution in [0.2, 0.25) is 10.0 Å². The van der Waals surface area contributed by atoms with E-state index in [9.17, 15) is 31.1 Å². The fraction of sp³-hybridized carbons (Fsp3) is 0.618. The van der Waals surface area contributed by atoms with Crippen LogP contribution in [0, 0.1) is 11.3 Å². The Morgan fingerprint density at radius 2 is 1.43 bits per heavy atom. The molecule has 15 heteroatoms. The Morgan fingerprint density at radius 1 is 0.918 bits per heavy atom. The third-order valence-electron chi connectivity index (χ3n) is 10.8. The smallest absolute Gasteiger partial charge is 0.416 e. The SMILES string of the molecule is CN(C[C@@H](CC[N+]12CCC(C3CCCCC3)(CC1)CC2)c1ccc(Cl)c(Cl)c1)C(=O)c1cc(C(F)(F)F)cc(C(F)(F)F)c1.CS(=O)(=O)[O-]. The van der Waals surface area contributed by atoms with Crippen LogP contribution in [0.3, 0.4) is 0 Å². The van der Waals surface area contributed by atoms with Gasteiger partial charge in [-0.15, -0.1) is 0 Å². The van der Waals surface area contributed by atoms with Crippen molar-refractivity contribution in [3.63, 3.8) is 0 Å². The van der Waals surface area contributed by atoms with E-state index in [0.29, 0.717) is 40.3 Å². The van der Waals surface area contributed by atoms with Gasteiger partial charge in [-0.2, -0.15) is 26.3 Å². The molecule has 2 aromatic rings. The molecule has 0 spiro atoms. The summed E-state index contributed by atoms with van der Waals surface area (Å²) in [4.78, 5) is 14.6. The Morgan fingerprint density at radius 3 is 1.90 bits per heavy atom. The molecule has 0 aromatic heterocycles. The van der Waals surface area contributed by atoms with Crippen molar-refractivity contribution in [3.8, 4) is 0 Å². The van der Waals surface area contributed by atoms with Crippen LogP contribution in [0.15, 0.2) is 36.4 Å². The lowest BCUT2D eigenvalue weighted by molar-refractivity contribution is -0.946. The molecule has 0 N–H and O–H groups in total. The first kappa shape index (κ1) is 39.7. The topological polar surface area (TPSA) is 77.5 Å². The fourth-order valence-corrected chi connectivity index (χ4v) is 8.33. The molecule has 3 aliphatic heterocycles. The number of benzene rings is 2. The number of amides is 1. The maximum Gasteiger partial charge on any atom is 0.416 e. The van der Waals surface area contributed by atoms with Crippen molar-refractivity contribution in [2.24, 2.45) is 11.3 Å². The quantitative estimate of drug-likeness (QED) is 0.153. The standard InChI is InChI=1S/C33H39Cl2F6N2O.CH4O3S/c1-42(30(44)24-17-26(32(36,37)38)20-27(18-24)33(39,40)41)21-23(22-7-8-28(34)29(35)19-22)9-13-43-14-10-31(11-15-43,12-16-43)25-5-3-2-4-6-25;1-5(2,3)4/h7-8,17-20,23,25H,2-6,9-16,21H2,1H3;1H3,(H,2,3,4)/q+1;/p-1/t23-,31?,43?;/m1./s1. The van der Waals surface area contributed by atoms with Crippen molar-refractivity contribution >= 4 is 39.2 Å². The third-order valence-corrected chi connectivity index (χ3v) is 11.5. The van der Waals surface area contributed by atoms with Gasteiger partial charge in [0.15, 0.2) is 0 Å². The van der Waals surface area contributed by atoms with E-state index in [-0.39, 0.29) is 18.5 Å². The zero-order chi connectivity index (χ0) is 36.4. The molecule has 49 heavy (non-hydrogen) atoms. The maximum absolute atomic E-state index is 13.5. The van der Waals surface area contributed by atoms with Crippen molar-refractivity contribution in [2.75, 3.05) is 46.0 Å². The van der Waals surface area contributed by atoms with Gasteiger partial charge in [-0.3, -0.25) is 4.79 Å². The number of quaternary nitrogens is 1.